The third kappa shape index (κ3) is 5.18. The molecule has 1 unspecified atom stereocenters. The van der Waals surface area contributed by atoms with Gasteiger partial charge in [-0.1, -0.05) is 18.2 Å². The number of aliphatic hydroxyl groups is 1. The van der Waals surface area contributed by atoms with Crippen molar-refractivity contribution < 1.29 is 9.84 Å². The third-order valence-corrected chi connectivity index (χ3v) is 4.86. The molecule has 4 rings (SSSR count). The highest BCUT2D eigenvalue weighted by atomic mass is 16.5. The molecule has 162 valence electrons. The number of ether oxygens (including phenoxy) is 1. The molecular formula is C23H22N6O3. The van der Waals surface area contributed by atoms with Crippen LogP contribution in [0.4, 0.5) is 0 Å². The summed E-state index contributed by atoms with van der Waals surface area (Å²) in [5, 5.41) is 28.9. The number of aromatic nitrogens is 4. The zero-order valence-electron chi connectivity index (χ0n) is 17.2. The van der Waals surface area contributed by atoms with Crippen molar-refractivity contribution in [3.8, 4) is 23.1 Å². The first kappa shape index (κ1) is 21.2. The first-order chi connectivity index (χ1) is 15.6. The maximum atomic E-state index is 11.2. The summed E-state index contributed by atoms with van der Waals surface area (Å²) in [5.74, 6) is 1.29. The summed E-state index contributed by atoms with van der Waals surface area (Å²) >= 11 is 0. The number of fused-ring (bicyclic) bond motifs is 1. The smallest absolute Gasteiger partial charge is 0.264 e. The SMILES string of the molecule is N#Cc1ccccc1OCC(O)CNCCc1nc2ccc(-c3ccc(=O)[nH]n3)cc2[nH]1. The van der Waals surface area contributed by atoms with Crippen LogP contribution < -0.4 is 15.6 Å². The van der Waals surface area contributed by atoms with Crippen LogP contribution in [0.3, 0.4) is 0 Å². The average molecular weight is 430 g/mol. The van der Waals surface area contributed by atoms with Gasteiger partial charge in [-0.05, 0) is 30.3 Å². The number of H-pyrrole nitrogens is 2. The van der Waals surface area contributed by atoms with E-state index in [1.54, 1.807) is 30.3 Å². The Balaban J connectivity index is 1.26. The van der Waals surface area contributed by atoms with Gasteiger partial charge in [0.15, 0.2) is 0 Å². The zero-order valence-corrected chi connectivity index (χ0v) is 17.2. The fourth-order valence-corrected chi connectivity index (χ4v) is 3.25. The molecule has 4 aromatic rings. The van der Waals surface area contributed by atoms with Crippen LogP contribution in [0.2, 0.25) is 0 Å². The maximum absolute atomic E-state index is 11.2. The van der Waals surface area contributed by atoms with Crippen molar-refractivity contribution in [3.05, 3.63) is 76.3 Å². The summed E-state index contributed by atoms with van der Waals surface area (Å²) in [7, 11) is 0. The van der Waals surface area contributed by atoms with Crippen LogP contribution in [0.5, 0.6) is 5.75 Å². The predicted molar refractivity (Wildman–Crippen MR) is 119 cm³/mol. The first-order valence-corrected chi connectivity index (χ1v) is 10.2. The normalized spacial score (nSPS) is 11.9. The van der Waals surface area contributed by atoms with Crippen molar-refractivity contribution in [1.29, 1.82) is 5.26 Å². The molecule has 9 nitrogen and oxygen atoms in total. The van der Waals surface area contributed by atoms with E-state index in [2.05, 4.69) is 31.6 Å². The number of nitrogens with zero attached hydrogens (tertiary/aromatic N) is 3. The lowest BCUT2D eigenvalue weighted by Gasteiger charge is -2.13. The number of benzene rings is 2. The van der Waals surface area contributed by atoms with Crippen LogP contribution in [0.1, 0.15) is 11.4 Å². The molecule has 0 saturated heterocycles. The number of aromatic amines is 2. The molecule has 2 aromatic heterocycles. The van der Waals surface area contributed by atoms with E-state index in [4.69, 9.17) is 10.00 Å². The molecule has 0 bridgehead atoms. The molecule has 2 heterocycles. The van der Waals surface area contributed by atoms with Gasteiger partial charge in [0.1, 0.15) is 30.4 Å². The number of para-hydroxylation sites is 1. The Morgan fingerprint density at radius 2 is 2.06 bits per heavy atom. The molecule has 2 aromatic carbocycles. The lowest BCUT2D eigenvalue weighted by atomic mass is 10.1. The number of imidazole rings is 1. The minimum absolute atomic E-state index is 0.0951. The maximum Gasteiger partial charge on any atom is 0.264 e. The number of rotatable bonds is 9. The van der Waals surface area contributed by atoms with Crippen molar-refractivity contribution in [2.75, 3.05) is 19.7 Å². The Hall–Kier alpha value is -4.00. The number of aliphatic hydroxyl groups excluding tert-OH is 1. The van der Waals surface area contributed by atoms with Gasteiger partial charge < -0.3 is 20.1 Å². The molecule has 0 fully saturated rings. The van der Waals surface area contributed by atoms with Gasteiger partial charge >= 0.3 is 0 Å². The quantitative estimate of drug-likeness (QED) is 0.297. The minimum Gasteiger partial charge on any atom is -0.489 e. The summed E-state index contributed by atoms with van der Waals surface area (Å²) in [5.41, 5.74) is 3.49. The number of nitrogens with one attached hydrogen (secondary N) is 3. The molecule has 4 N–H and O–H groups in total. The van der Waals surface area contributed by atoms with Crippen LogP contribution in [0, 0.1) is 11.3 Å². The lowest BCUT2D eigenvalue weighted by Crippen LogP contribution is -2.32. The van der Waals surface area contributed by atoms with E-state index < -0.39 is 6.10 Å². The molecular weight excluding hydrogens is 408 g/mol. The highest BCUT2D eigenvalue weighted by Gasteiger charge is 2.09. The fraction of sp³-hybridized carbons (Fsp3) is 0.217. The second-order valence-electron chi connectivity index (χ2n) is 7.25. The van der Waals surface area contributed by atoms with Gasteiger partial charge in [0.2, 0.25) is 0 Å². The zero-order chi connectivity index (χ0) is 22.3. The number of nitriles is 1. The van der Waals surface area contributed by atoms with Gasteiger partial charge in [-0.25, -0.2) is 10.1 Å². The standard InChI is InChI=1S/C23H22N6O3/c24-12-16-3-1-2-4-21(16)32-14-17(30)13-25-10-9-22-26-19-6-5-15(11-20(19)27-22)18-7-8-23(31)29-28-18/h1-8,11,17,25,30H,9-10,13-14H2,(H,26,27)(H,29,31). The monoisotopic (exact) mass is 430 g/mol. The highest BCUT2D eigenvalue weighted by Crippen LogP contribution is 2.21. The van der Waals surface area contributed by atoms with Crippen LogP contribution in [0.25, 0.3) is 22.3 Å². The fourth-order valence-electron chi connectivity index (χ4n) is 3.25. The first-order valence-electron chi connectivity index (χ1n) is 10.2. The molecule has 1 atom stereocenters. The van der Waals surface area contributed by atoms with E-state index in [1.807, 2.05) is 18.2 Å². The van der Waals surface area contributed by atoms with Crippen LogP contribution in [-0.4, -0.2) is 51.1 Å². The van der Waals surface area contributed by atoms with Crippen molar-refractivity contribution in [3.63, 3.8) is 0 Å². The summed E-state index contributed by atoms with van der Waals surface area (Å²) in [4.78, 5) is 19.1. The Labute approximate surface area is 183 Å². The third-order valence-electron chi connectivity index (χ3n) is 4.86. The highest BCUT2D eigenvalue weighted by molar-refractivity contribution is 5.81. The van der Waals surface area contributed by atoms with E-state index in [9.17, 15) is 9.90 Å². The van der Waals surface area contributed by atoms with Gasteiger partial charge in [-0.2, -0.15) is 10.4 Å². The van der Waals surface area contributed by atoms with Crippen LogP contribution in [-0.2, 0) is 6.42 Å². The lowest BCUT2D eigenvalue weighted by molar-refractivity contribution is 0.106. The molecule has 0 aliphatic rings. The van der Waals surface area contributed by atoms with E-state index in [-0.39, 0.29) is 12.2 Å². The Morgan fingerprint density at radius 3 is 2.88 bits per heavy atom. The Bertz CT molecular complexity index is 1290. The predicted octanol–water partition coefficient (Wildman–Crippen LogP) is 1.76. The minimum atomic E-state index is -0.704. The van der Waals surface area contributed by atoms with Crippen LogP contribution in [0.15, 0.2) is 59.4 Å². The average Bonchev–Trinajstić information content (AvgIpc) is 3.23. The molecule has 0 aliphatic carbocycles. The number of hydrogen-bond donors (Lipinski definition) is 4. The van der Waals surface area contributed by atoms with Gasteiger partial charge in [0.05, 0.1) is 22.3 Å². The van der Waals surface area contributed by atoms with Gasteiger partial charge in [-0.3, -0.25) is 4.79 Å². The van der Waals surface area contributed by atoms with E-state index >= 15 is 0 Å². The van der Waals surface area contributed by atoms with Crippen molar-refractivity contribution in [1.82, 2.24) is 25.5 Å². The van der Waals surface area contributed by atoms with Crippen molar-refractivity contribution >= 4 is 11.0 Å². The van der Waals surface area contributed by atoms with E-state index in [0.717, 1.165) is 22.4 Å². The molecule has 0 saturated carbocycles. The van der Waals surface area contributed by atoms with E-state index in [0.29, 0.717) is 36.5 Å². The summed E-state index contributed by atoms with van der Waals surface area (Å²) < 4.78 is 5.54. The van der Waals surface area contributed by atoms with Gasteiger partial charge in [0, 0.05) is 31.1 Å². The van der Waals surface area contributed by atoms with Crippen molar-refractivity contribution in [2.45, 2.75) is 12.5 Å². The largest absolute Gasteiger partial charge is 0.489 e. The Kier molecular flexibility index (Phi) is 6.55. The molecule has 0 radical (unpaired) electrons. The summed E-state index contributed by atoms with van der Waals surface area (Å²) in [6, 6.07) is 17.9. The molecule has 0 amide bonds. The van der Waals surface area contributed by atoms with Crippen molar-refractivity contribution in [2.24, 2.45) is 0 Å². The summed E-state index contributed by atoms with van der Waals surface area (Å²) in [6.45, 7) is 1.08. The molecule has 32 heavy (non-hydrogen) atoms. The summed E-state index contributed by atoms with van der Waals surface area (Å²) in [6.07, 6.45) is -0.0454. The number of hydrogen-bond acceptors (Lipinski definition) is 7. The second kappa shape index (κ2) is 9.87. The molecule has 9 heteroatoms. The van der Waals surface area contributed by atoms with Crippen LogP contribution >= 0.6 is 0 Å². The van der Waals surface area contributed by atoms with Gasteiger partial charge in [0.25, 0.3) is 5.56 Å². The van der Waals surface area contributed by atoms with Gasteiger partial charge in [-0.15, -0.1) is 0 Å². The topological polar surface area (TPSA) is 140 Å². The molecule has 0 aliphatic heterocycles. The van der Waals surface area contributed by atoms with E-state index in [1.165, 1.54) is 6.07 Å². The Morgan fingerprint density at radius 1 is 1.19 bits per heavy atom. The second-order valence-corrected chi connectivity index (χ2v) is 7.25. The molecule has 0 spiro atoms.